The number of hydrogen-bond acceptors (Lipinski definition) is 2. The summed E-state index contributed by atoms with van der Waals surface area (Å²) in [5.41, 5.74) is 2.02. The van der Waals surface area contributed by atoms with Crippen molar-refractivity contribution in [3.8, 4) is 0 Å². The van der Waals surface area contributed by atoms with E-state index in [0.29, 0.717) is 0 Å². The largest absolute Gasteiger partial charge is 0.369 e. The molecule has 0 aromatic heterocycles. The van der Waals surface area contributed by atoms with E-state index < -0.39 is 0 Å². The zero-order valence-corrected chi connectivity index (χ0v) is 9.89. The van der Waals surface area contributed by atoms with Gasteiger partial charge in [-0.3, -0.25) is 4.79 Å². The van der Waals surface area contributed by atoms with E-state index in [1.807, 2.05) is 19.0 Å². The van der Waals surface area contributed by atoms with Gasteiger partial charge in [0, 0.05) is 26.2 Å². The number of carbonyl (C=O) groups excluding carboxylic acids is 1. The van der Waals surface area contributed by atoms with Gasteiger partial charge >= 0.3 is 0 Å². The summed E-state index contributed by atoms with van der Waals surface area (Å²) < 4.78 is 0. The van der Waals surface area contributed by atoms with Gasteiger partial charge in [-0.2, -0.15) is 0 Å². The van der Waals surface area contributed by atoms with Crippen LogP contribution in [0.4, 0.5) is 0 Å². The van der Waals surface area contributed by atoms with Crippen molar-refractivity contribution >= 4 is 12.6 Å². The van der Waals surface area contributed by atoms with Crippen LogP contribution in [-0.2, 0) is 4.79 Å². The molecule has 1 rings (SSSR count). The van der Waals surface area contributed by atoms with E-state index in [-0.39, 0.29) is 0 Å². The van der Waals surface area contributed by atoms with Gasteiger partial charge in [-0.25, -0.2) is 4.99 Å². The van der Waals surface area contributed by atoms with Crippen molar-refractivity contribution in [2.45, 2.75) is 19.3 Å². The first-order valence-electron chi connectivity index (χ1n) is 5.43. The Morgan fingerprint density at radius 1 is 1.50 bits per heavy atom. The average Bonchev–Trinajstić information content (AvgIpc) is 2.27. The molecule has 1 aliphatic carbocycles. The van der Waals surface area contributed by atoms with Crippen molar-refractivity contribution in [2.24, 2.45) is 4.99 Å². The second-order valence-electron chi connectivity index (χ2n) is 3.94. The van der Waals surface area contributed by atoms with Crippen LogP contribution in [0.5, 0.6) is 0 Å². The Morgan fingerprint density at radius 2 is 2.31 bits per heavy atom. The lowest BCUT2D eigenvalue weighted by Crippen LogP contribution is -2.07. The van der Waals surface area contributed by atoms with E-state index in [1.54, 1.807) is 6.34 Å². The minimum atomic E-state index is 0.722. The van der Waals surface area contributed by atoms with Crippen molar-refractivity contribution in [3.05, 3.63) is 35.6 Å². The molecule has 0 bridgehead atoms. The number of aliphatic imine (C=N–C) groups is 1. The van der Waals surface area contributed by atoms with Gasteiger partial charge in [0.15, 0.2) is 0 Å². The number of nitrogens with zero attached hydrogens (tertiary/aromatic N) is 2. The van der Waals surface area contributed by atoms with Crippen molar-refractivity contribution in [2.75, 3.05) is 14.1 Å². The van der Waals surface area contributed by atoms with Gasteiger partial charge in [-0.05, 0) is 24.5 Å². The molecule has 0 aromatic rings. The fraction of sp³-hybridized carbons (Fsp3) is 0.385. The number of rotatable bonds is 5. The molecule has 86 valence electrons. The van der Waals surface area contributed by atoms with Crippen molar-refractivity contribution in [3.63, 3.8) is 0 Å². The molecule has 0 unspecified atom stereocenters. The molecule has 0 amide bonds. The maximum Gasteiger partial charge on any atom is 0.144 e. The summed E-state index contributed by atoms with van der Waals surface area (Å²) in [5.74, 6) is 0. The van der Waals surface area contributed by atoms with Crippen molar-refractivity contribution in [1.82, 2.24) is 4.90 Å². The normalized spacial score (nSPS) is 16.4. The van der Waals surface area contributed by atoms with Crippen LogP contribution in [0.3, 0.4) is 0 Å². The highest BCUT2D eigenvalue weighted by atomic mass is 16.1. The Hall–Kier alpha value is -1.64. The maximum atomic E-state index is 10.5. The van der Waals surface area contributed by atoms with E-state index in [1.165, 1.54) is 11.6 Å². The van der Waals surface area contributed by atoms with Gasteiger partial charge < -0.3 is 4.90 Å². The van der Waals surface area contributed by atoms with Crippen LogP contribution in [0, 0.1) is 0 Å². The second kappa shape index (κ2) is 6.77. The highest BCUT2D eigenvalue weighted by Gasteiger charge is 2.01. The third-order valence-electron chi connectivity index (χ3n) is 2.17. The first-order valence-corrected chi connectivity index (χ1v) is 5.43. The van der Waals surface area contributed by atoms with E-state index in [4.69, 9.17) is 0 Å². The molecular formula is C13H18N2O. The van der Waals surface area contributed by atoms with Gasteiger partial charge in [0.05, 0.1) is 6.34 Å². The quantitative estimate of drug-likeness (QED) is 0.307. The van der Waals surface area contributed by atoms with E-state index in [0.717, 1.165) is 31.2 Å². The summed E-state index contributed by atoms with van der Waals surface area (Å²) in [6, 6.07) is 0. The number of aldehydes is 1. The Kier molecular flexibility index (Phi) is 5.26. The molecule has 0 saturated carbocycles. The summed E-state index contributed by atoms with van der Waals surface area (Å²) in [5, 5.41) is 0. The van der Waals surface area contributed by atoms with E-state index in [2.05, 4.69) is 23.2 Å². The fourth-order valence-corrected chi connectivity index (χ4v) is 1.42. The zero-order valence-electron chi connectivity index (χ0n) is 9.89. The van der Waals surface area contributed by atoms with Crippen molar-refractivity contribution < 1.29 is 4.79 Å². The number of hydrogen-bond donors (Lipinski definition) is 0. The molecule has 3 nitrogen and oxygen atoms in total. The molecule has 0 fully saturated rings. The smallest absolute Gasteiger partial charge is 0.144 e. The number of allylic oxidation sites excluding steroid dienone is 5. The predicted molar refractivity (Wildman–Crippen MR) is 67.4 cm³/mol. The summed E-state index contributed by atoms with van der Waals surface area (Å²) in [4.78, 5) is 16.6. The Morgan fingerprint density at radius 3 is 2.88 bits per heavy atom. The first kappa shape index (κ1) is 12.4. The first-order chi connectivity index (χ1) is 7.72. The molecule has 0 N–H and O–H groups in total. The van der Waals surface area contributed by atoms with Crippen LogP contribution >= 0.6 is 0 Å². The average molecular weight is 218 g/mol. The molecule has 0 atom stereocenters. The zero-order chi connectivity index (χ0) is 11.8. The number of carbonyl (C=O) groups is 1. The molecule has 0 spiro atoms. The van der Waals surface area contributed by atoms with Crippen LogP contribution in [0.25, 0.3) is 0 Å². The second-order valence-corrected chi connectivity index (χ2v) is 3.94. The molecule has 0 radical (unpaired) electrons. The summed E-state index contributed by atoms with van der Waals surface area (Å²) in [7, 11) is 3.81. The minimum Gasteiger partial charge on any atom is -0.369 e. The van der Waals surface area contributed by atoms with Gasteiger partial charge in [0.1, 0.15) is 6.29 Å². The SMILES string of the molecule is CN(C)C=N/C(=C\C=O)CC1=CCCC=C1. The standard InChI is InChI=1S/C13H18N2O/c1-15(2)11-14-13(8-9-16)10-12-6-4-3-5-7-12/h4,6-9,11H,3,5,10H2,1-2H3/b13-8-,14-11?. The maximum absolute atomic E-state index is 10.5. The van der Waals surface area contributed by atoms with E-state index >= 15 is 0 Å². The van der Waals surface area contributed by atoms with Crippen LogP contribution in [0.15, 0.2) is 40.6 Å². The Balaban J connectivity index is 2.65. The molecule has 3 heteroatoms. The van der Waals surface area contributed by atoms with Gasteiger partial charge in [0.25, 0.3) is 0 Å². The molecular weight excluding hydrogens is 200 g/mol. The van der Waals surface area contributed by atoms with Crippen LogP contribution in [-0.4, -0.2) is 31.6 Å². The van der Waals surface area contributed by atoms with Gasteiger partial charge in [-0.15, -0.1) is 0 Å². The minimum absolute atomic E-state index is 0.722. The van der Waals surface area contributed by atoms with Crippen molar-refractivity contribution in [1.29, 1.82) is 0 Å². The Bertz CT molecular complexity index is 349. The summed E-state index contributed by atoms with van der Waals surface area (Å²) >= 11 is 0. The van der Waals surface area contributed by atoms with E-state index in [9.17, 15) is 4.79 Å². The van der Waals surface area contributed by atoms with Crippen LogP contribution in [0.1, 0.15) is 19.3 Å². The lowest BCUT2D eigenvalue weighted by atomic mass is 10.0. The highest BCUT2D eigenvalue weighted by Crippen LogP contribution is 2.18. The molecule has 16 heavy (non-hydrogen) atoms. The molecule has 0 aliphatic heterocycles. The molecule has 0 saturated heterocycles. The monoisotopic (exact) mass is 218 g/mol. The topological polar surface area (TPSA) is 32.7 Å². The molecule has 1 aliphatic rings. The summed E-state index contributed by atoms with van der Waals surface area (Å²) in [6.45, 7) is 0. The van der Waals surface area contributed by atoms with Crippen LogP contribution in [0.2, 0.25) is 0 Å². The lowest BCUT2D eigenvalue weighted by Gasteiger charge is -2.08. The van der Waals surface area contributed by atoms with Gasteiger partial charge in [-0.1, -0.05) is 18.2 Å². The summed E-state index contributed by atoms with van der Waals surface area (Å²) in [6.07, 6.45) is 13.4. The van der Waals surface area contributed by atoms with Gasteiger partial charge in [0.2, 0.25) is 0 Å². The lowest BCUT2D eigenvalue weighted by molar-refractivity contribution is -0.104. The molecule has 0 aromatic carbocycles. The predicted octanol–water partition coefficient (Wildman–Crippen LogP) is 2.33. The van der Waals surface area contributed by atoms with Crippen LogP contribution < -0.4 is 0 Å². The Labute approximate surface area is 96.9 Å². The third-order valence-corrected chi connectivity index (χ3v) is 2.17. The fourth-order valence-electron chi connectivity index (χ4n) is 1.42. The third kappa shape index (κ3) is 4.73. The molecule has 0 heterocycles. The highest BCUT2D eigenvalue weighted by molar-refractivity contribution is 5.67.